The molecule has 0 fully saturated rings. The minimum absolute atomic E-state index is 0.0938. The highest BCUT2D eigenvalue weighted by molar-refractivity contribution is 5.77. The van der Waals surface area contributed by atoms with Gasteiger partial charge in [-0.15, -0.1) is 0 Å². The Labute approximate surface area is 109 Å². The van der Waals surface area contributed by atoms with Crippen molar-refractivity contribution in [3.8, 4) is 0 Å². The summed E-state index contributed by atoms with van der Waals surface area (Å²) in [6.45, 7) is 7.73. The van der Waals surface area contributed by atoms with Gasteiger partial charge in [-0.05, 0) is 41.8 Å². The molecule has 0 aliphatic heterocycles. The molecule has 0 atom stereocenters. The van der Waals surface area contributed by atoms with Gasteiger partial charge < -0.3 is 20.6 Å². The van der Waals surface area contributed by atoms with Gasteiger partial charge in [-0.2, -0.15) is 0 Å². The van der Waals surface area contributed by atoms with Crippen molar-refractivity contribution in [1.29, 1.82) is 0 Å². The number of hydrogen-bond acceptors (Lipinski definition) is 3. The summed E-state index contributed by atoms with van der Waals surface area (Å²) >= 11 is 0. The van der Waals surface area contributed by atoms with E-state index in [9.17, 15) is 9.59 Å². The largest absolute Gasteiger partial charge is 0.481 e. The fourth-order valence-electron chi connectivity index (χ4n) is 0.894. The molecule has 0 saturated carbocycles. The monoisotopic (exact) mass is 259 g/mol. The van der Waals surface area contributed by atoms with Crippen molar-refractivity contribution in [2.75, 3.05) is 27.2 Å². The van der Waals surface area contributed by atoms with Crippen LogP contribution in [-0.4, -0.2) is 54.7 Å². The van der Waals surface area contributed by atoms with Crippen molar-refractivity contribution in [2.24, 2.45) is 5.41 Å². The van der Waals surface area contributed by atoms with Crippen LogP contribution in [0.4, 0.5) is 4.79 Å². The Morgan fingerprint density at radius 3 is 1.89 bits per heavy atom. The number of aliphatic carboxylic acids is 1. The highest BCUT2D eigenvalue weighted by atomic mass is 16.4. The molecule has 0 aliphatic rings. The molecule has 0 spiro atoms. The van der Waals surface area contributed by atoms with Gasteiger partial charge in [0.2, 0.25) is 0 Å². The van der Waals surface area contributed by atoms with E-state index in [1.165, 1.54) is 0 Å². The van der Waals surface area contributed by atoms with E-state index >= 15 is 0 Å². The SMILES string of the molecule is CN(C)C(C)(C)CNC(=O)NCC(C)(C)C(=O)O. The molecule has 0 radical (unpaired) electrons. The predicted octanol–water partition coefficient (Wildman–Crippen LogP) is 0.737. The van der Waals surface area contributed by atoms with E-state index in [1.54, 1.807) is 13.8 Å². The second-order valence-electron chi connectivity index (χ2n) is 5.93. The minimum atomic E-state index is -0.964. The molecule has 2 amide bonds. The molecule has 0 saturated heterocycles. The number of nitrogens with one attached hydrogen (secondary N) is 2. The van der Waals surface area contributed by atoms with Crippen molar-refractivity contribution < 1.29 is 14.7 Å². The van der Waals surface area contributed by atoms with Crippen LogP contribution in [0.1, 0.15) is 27.7 Å². The first kappa shape index (κ1) is 16.7. The Morgan fingerprint density at radius 2 is 1.50 bits per heavy atom. The van der Waals surface area contributed by atoms with Gasteiger partial charge in [0.05, 0.1) is 5.41 Å². The van der Waals surface area contributed by atoms with E-state index in [1.807, 2.05) is 32.8 Å². The van der Waals surface area contributed by atoms with E-state index in [-0.39, 0.29) is 18.1 Å². The number of likely N-dealkylation sites (N-methyl/N-ethyl adjacent to an activating group) is 1. The topological polar surface area (TPSA) is 81.7 Å². The third-order valence-corrected chi connectivity index (χ3v) is 3.16. The first-order chi connectivity index (χ1) is 7.99. The second kappa shape index (κ2) is 6.04. The smallest absolute Gasteiger partial charge is 0.314 e. The van der Waals surface area contributed by atoms with Crippen molar-refractivity contribution in [1.82, 2.24) is 15.5 Å². The Kier molecular flexibility index (Phi) is 5.60. The van der Waals surface area contributed by atoms with Crippen LogP contribution in [0.3, 0.4) is 0 Å². The number of nitrogens with zero attached hydrogens (tertiary/aromatic N) is 1. The fourth-order valence-corrected chi connectivity index (χ4v) is 0.894. The molecule has 106 valence electrons. The summed E-state index contributed by atoms with van der Waals surface area (Å²) in [5.74, 6) is -0.934. The number of hydrogen-bond donors (Lipinski definition) is 3. The van der Waals surface area contributed by atoms with Crippen molar-refractivity contribution in [3.63, 3.8) is 0 Å². The fraction of sp³-hybridized carbons (Fsp3) is 0.833. The van der Waals surface area contributed by atoms with Gasteiger partial charge in [0.15, 0.2) is 0 Å². The standard InChI is InChI=1S/C12H25N3O3/c1-11(2,9(16)17)7-13-10(18)14-8-12(3,4)15(5)6/h7-8H2,1-6H3,(H,16,17)(H2,13,14,18). The third kappa shape index (κ3) is 5.35. The van der Waals surface area contributed by atoms with Crippen molar-refractivity contribution in [3.05, 3.63) is 0 Å². The molecule has 0 heterocycles. The van der Waals surface area contributed by atoms with Crippen LogP contribution in [0.5, 0.6) is 0 Å². The predicted molar refractivity (Wildman–Crippen MR) is 70.6 cm³/mol. The Hall–Kier alpha value is -1.30. The van der Waals surface area contributed by atoms with Gasteiger partial charge in [-0.25, -0.2) is 4.79 Å². The number of urea groups is 1. The molecule has 6 heteroatoms. The first-order valence-electron chi connectivity index (χ1n) is 5.91. The molecule has 6 nitrogen and oxygen atoms in total. The number of carbonyl (C=O) groups excluding carboxylic acids is 1. The molecule has 0 aromatic heterocycles. The normalized spacial score (nSPS) is 12.4. The van der Waals surface area contributed by atoms with Crippen molar-refractivity contribution >= 4 is 12.0 Å². The first-order valence-corrected chi connectivity index (χ1v) is 5.91. The van der Waals surface area contributed by atoms with Gasteiger partial charge in [0, 0.05) is 18.6 Å². The van der Waals surface area contributed by atoms with Crippen LogP contribution in [0.2, 0.25) is 0 Å². The van der Waals surface area contributed by atoms with Gasteiger partial charge in [0.25, 0.3) is 0 Å². The van der Waals surface area contributed by atoms with Crippen LogP contribution < -0.4 is 10.6 Å². The number of carbonyl (C=O) groups is 2. The summed E-state index contributed by atoms with van der Waals surface area (Å²) in [7, 11) is 3.88. The van der Waals surface area contributed by atoms with Crippen LogP contribution in [-0.2, 0) is 4.79 Å². The van der Waals surface area contributed by atoms with E-state index in [0.29, 0.717) is 6.54 Å². The number of amides is 2. The molecule has 0 aromatic rings. The maximum Gasteiger partial charge on any atom is 0.314 e. The molecule has 18 heavy (non-hydrogen) atoms. The summed E-state index contributed by atoms with van der Waals surface area (Å²) < 4.78 is 0. The zero-order chi connectivity index (χ0) is 14.6. The summed E-state index contributed by atoms with van der Waals surface area (Å²) in [5, 5.41) is 14.2. The lowest BCUT2D eigenvalue weighted by molar-refractivity contribution is -0.146. The molecule has 3 N–H and O–H groups in total. The molecular weight excluding hydrogens is 234 g/mol. The molecule has 0 rings (SSSR count). The summed E-state index contributed by atoms with van der Waals surface area (Å²) in [6.07, 6.45) is 0. The van der Waals surface area contributed by atoms with Crippen molar-refractivity contribution in [2.45, 2.75) is 33.2 Å². The van der Waals surface area contributed by atoms with Gasteiger partial charge in [-0.1, -0.05) is 0 Å². The maximum atomic E-state index is 11.5. The summed E-state index contributed by atoms with van der Waals surface area (Å²) in [5.41, 5.74) is -1.12. The number of carboxylic acid groups (broad SMARTS) is 1. The summed E-state index contributed by atoms with van der Waals surface area (Å²) in [4.78, 5) is 24.4. The zero-order valence-corrected chi connectivity index (χ0v) is 12.1. The average Bonchev–Trinajstić information content (AvgIpc) is 2.23. The highest BCUT2D eigenvalue weighted by Gasteiger charge is 2.28. The van der Waals surface area contributed by atoms with E-state index < -0.39 is 11.4 Å². The number of rotatable bonds is 6. The lowest BCUT2D eigenvalue weighted by Gasteiger charge is -2.32. The quantitative estimate of drug-likeness (QED) is 0.657. The van der Waals surface area contributed by atoms with Gasteiger partial charge >= 0.3 is 12.0 Å². The Morgan fingerprint density at radius 1 is 1.06 bits per heavy atom. The Balaban J connectivity index is 4.12. The van der Waals surface area contributed by atoms with Gasteiger partial charge in [-0.3, -0.25) is 4.79 Å². The van der Waals surface area contributed by atoms with Crippen LogP contribution >= 0.6 is 0 Å². The molecule has 0 aliphatic carbocycles. The van der Waals surface area contributed by atoms with E-state index in [4.69, 9.17) is 5.11 Å². The highest BCUT2D eigenvalue weighted by Crippen LogP contribution is 2.13. The van der Waals surface area contributed by atoms with Crippen LogP contribution in [0.25, 0.3) is 0 Å². The molecule has 0 aromatic carbocycles. The Bertz CT molecular complexity index is 312. The second-order valence-corrected chi connectivity index (χ2v) is 5.93. The minimum Gasteiger partial charge on any atom is -0.481 e. The molecule has 0 bridgehead atoms. The summed E-state index contributed by atoms with van der Waals surface area (Å²) in [6, 6.07) is -0.348. The molecular formula is C12H25N3O3. The van der Waals surface area contributed by atoms with Crippen LogP contribution in [0, 0.1) is 5.41 Å². The number of carboxylic acids is 1. The van der Waals surface area contributed by atoms with E-state index in [0.717, 1.165) is 0 Å². The lowest BCUT2D eigenvalue weighted by Crippen LogP contribution is -2.51. The molecule has 0 unspecified atom stereocenters. The zero-order valence-electron chi connectivity index (χ0n) is 12.1. The van der Waals surface area contributed by atoms with Gasteiger partial charge in [0.1, 0.15) is 0 Å². The van der Waals surface area contributed by atoms with Crippen LogP contribution in [0.15, 0.2) is 0 Å². The maximum absolute atomic E-state index is 11.5. The van der Waals surface area contributed by atoms with E-state index in [2.05, 4.69) is 10.6 Å². The third-order valence-electron chi connectivity index (χ3n) is 3.16. The lowest BCUT2D eigenvalue weighted by atomic mass is 9.94. The average molecular weight is 259 g/mol.